The summed E-state index contributed by atoms with van der Waals surface area (Å²) in [4.78, 5) is 56.6. The summed E-state index contributed by atoms with van der Waals surface area (Å²) in [5, 5.41) is 21.1. The number of hydrogen-bond donors (Lipinski definition) is 7. The van der Waals surface area contributed by atoms with E-state index in [1.165, 1.54) is 35.2 Å². The first-order chi connectivity index (χ1) is 38.3. The zero-order chi connectivity index (χ0) is 60.2. The maximum absolute atomic E-state index is 12.7. The number of aromatic nitrogens is 4. The van der Waals surface area contributed by atoms with Gasteiger partial charge in [-0.1, -0.05) is 38.5 Å². The summed E-state index contributed by atoms with van der Waals surface area (Å²) in [7, 11) is -24.8. The van der Waals surface area contributed by atoms with Crippen LogP contribution < -0.4 is 10.6 Å². The van der Waals surface area contributed by atoms with E-state index in [4.69, 9.17) is 24.3 Å². The minimum atomic E-state index is -5.44. The summed E-state index contributed by atoms with van der Waals surface area (Å²) in [6.45, 7) is 9.77. The standard InChI is InChI=1S/C50H68N7O20P3S2/c1-6-55-37-22-20-33(81(67,68)69)27-35(37)49(2,3)40(55)17-11-9-12-18-41-50(4,5)36-28-34(82(70,71)72)21-23-38(36)56(41)24-14-10-13-19-42(58)73-25-15-7-8-16-26-74-78(61,62)32-79(63,64)77-80(65,66)75-29-39-44(59)45(60)48(76-39)57-31-54-43-46(51)52-30-53-47(43)57/h9,11-12,17-18,20-23,27-28,30-31,39,44-45,48,59-60H,6-8,10,13-16,19,24-26,29,32H2,1-5H3,(H6-,51,52,53,61,62,63,64,65,66,67,68,69,70,71,72)/t39-,44-,45-,48-/m1/s1. The molecule has 5 heterocycles. The summed E-state index contributed by atoms with van der Waals surface area (Å²) in [5.74, 6) is -1.93. The number of imidazole rings is 1. The number of allylic oxidation sites excluding steroid dienone is 6. The summed E-state index contributed by atoms with van der Waals surface area (Å²) in [5.41, 5.74) is 9.57. The molecule has 0 saturated carbocycles. The van der Waals surface area contributed by atoms with E-state index in [1.807, 2.05) is 65.0 Å². The molecule has 7 atom stereocenters. The lowest BCUT2D eigenvalue weighted by molar-refractivity contribution is -0.438. The van der Waals surface area contributed by atoms with Crippen LogP contribution in [0.5, 0.6) is 0 Å². The molecule has 1 saturated heterocycles. The number of phosphoric acid groups is 1. The lowest BCUT2D eigenvalue weighted by Crippen LogP contribution is -2.33. The number of ether oxygens (including phenoxy) is 2. The lowest BCUT2D eigenvalue weighted by Gasteiger charge is -2.25. The van der Waals surface area contributed by atoms with Crippen molar-refractivity contribution in [1.29, 1.82) is 0 Å². The molecule has 4 aromatic rings. The van der Waals surface area contributed by atoms with E-state index < -0.39 is 97.1 Å². The van der Waals surface area contributed by atoms with Gasteiger partial charge in [0.2, 0.25) is 5.69 Å². The van der Waals surface area contributed by atoms with Gasteiger partial charge in [0.1, 0.15) is 46.8 Å². The van der Waals surface area contributed by atoms with Crippen molar-refractivity contribution in [3.05, 3.63) is 96.3 Å². The molecule has 0 aliphatic carbocycles. The fourth-order valence-electron chi connectivity index (χ4n) is 10.1. The zero-order valence-electron chi connectivity index (χ0n) is 45.5. The number of esters is 1. The number of aliphatic hydroxyl groups excluding tert-OH is 2. The molecule has 0 bridgehead atoms. The Hall–Kier alpha value is -4.90. The number of carbonyl (C=O) groups excluding carboxylic acids is 1. The molecule has 82 heavy (non-hydrogen) atoms. The van der Waals surface area contributed by atoms with Gasteiger partial charge in [-0.15, -0.1) is 0 Å². The number of hydrogen-bond acceptors (Lipinski definition) is 21. The molecular formula is C50H68N7O20P3S2. The largest absolute Gasteiger partial charge is 0.744 e. The monoisotopic (exact) mass is 1240 g/mol. The maximum Gasteiger partial charge on any atom is 0.479 e. The van der Waals surface area contributed by atoms with Gasteiger partial charge in [-0.05, 0) is 94.8 Å². The van der Waals surface area contributed by atoms with E-state index in [0.29, 0.717) is 57.2 Å². The van der Waals surface area contributed by atoms with Gasteiger partial charge >= 0.3 is 29.0 Å². The third-order valence-electron chi connectivity index (χ3n) is 14.2. The molecule has 2 aromatic heterocycles. The smallest absolute Gasteiger partial charge is 0.479 e. The van der Waals surface area contributed by atoms with Crippen molar-refractivity contribution in [3.63, 3.8) is 0 Å². The Kier molecular flexibility index (Phi) is 20.3. The molecule has 0 amide bonds. The Labute approximate surface area is 474 Å². The molecule has 0 radical (unpaired) electrons. The Balaban J connectivity index is 0.815. The highest BCUT2D eigenvalue weighted by atomic mass is 32.2. The first-order valence-electron chi connectivity index (χ1n) is 26.1. The van der Waals surface area contributed by atoms with Crippen LogP contribution >= 0.6 is 23.0 Å². The average molecular weight is 1240 g/mol. The SMILES string of the molecule is CCN1C(=CC=CC=CC2=[N+](CCCCCC(=O)OCCCCCCOP(=O)(O)CP(=O)(O)OP(=O)(O)OC[C@H]3O[C@@H](n4cnc5c(N)ncnc54)[C@H](O)[C@@H]3O)c3ccc(S(=O)(=O)O)cc3C2(C)C)C(C)(C)c2cc(S(=O)(=O)[O-])ccc21. The number of nitrogens with two attached hydrogens (primary N) is 1. The number of unbranched alkanes of at least 4 members (excludes halogenated alkanes) is 5. The molecular weight excluding hydrogens is 1180 g/mol. The first-order valence-corrected chi connectivity index (χ1v) is 33.9. The molecule has 450 valence electrons. The Bertz CT molecular complexity index is 3550. The Morgan fingerprint density at radius 2 is 1.52 bits per heavy atom. The number of nitrogens with zero attached hydrogens (tertiary/aromatic N) is 6. The number of benzene rings is 2. The predicted octanol–water partition coefficient (Wildman–Crippen LogP) is 6.21. The van der Waals surface area contributed by atoms with Crippen molar-refractivity contribution < 1.29 is 96.7 Å². The van der Waals surface area contributed by atoms with Crippen LogP contribution in [0.4, 0.5) is 17.2 Å². The van der Waals surface area contributed by atoms with Crippen LogP contribution in [-0.2, 0) is 72.4 Å². The van der Waals surface area contributed by atoms with Crippen molar-refractivity contribution in [2.24, 2.45) is 0 Å². The van der Waals surface area contributed by atoms with Crippen molar-refractivity contribution in [2.45, 2.75) is 131 Å². The molecule has 27 nitrogen and oxygen atoms in total. The van der Waals surface area contributed by atoms with E-state index >= 15 is 0 Å². The van der Waals surface area contributed by atoms with Crippen molar-refractivity contribution in [2.75, 3.05) is 49.4 Å². The molecule has 8 N–H and O–H groups in total. The highest BCUT2D eigenvalue weighted by Gasteiger charge is 2.48. The number of fused-ring (bicyclic) bond motifs is 3. The lowest BCUT2D eigenvalue weighted by atomic mass is 9.81. The van der Waals surface area contributed by atoms with Crippen LogP contribution in [0.2, 0.25) is 0 Å². The average Bonchev–Trinajstić information content (AvgIpc) is 4.10. The van der Waals surface area contributed by atoms with Crippen molar-refractivity contribution in [3.8, 4) is 0 Å². The van der Waals surface area contributed by atoms with Crippen LogP contribution in [-0.4, -0.2) is 144 Å². The van der Waals surface area contributed by atoms with Gasteiger partial charge in [-0.2, -0.15) is 13.0 Å². The highest BCUT2D eigenvalue weighted by molar-refractivity contribution is 7.86. The highest BCUT2D eigenvalue weighted by Crippen LogP contribution is 2.66. The minimum absolute atomic E-state index is 0.0322. The molecule has 32 heteroatoms. The maximum atomic E-state index is 12.7. The number of carbonyl (C=O) groups is 1. The van der Waals surface area contributed by atoms with Crippen LogP contribution in [0.15, 0.2) is 94.9 Å². The first kappa shape index (κ1) is 64.7. The Morgan fingerprint density at radius 1 is 0.841 bits per heavy atom. The number of likely N-dealkylation sites (N-methyl/N-ethyl adjacent to an activating group) is 1. The molecule has 0 spiro atoms. The molecule has 3 aliphatic rings. The summed E-state index contributed by atoms with van der Waals surface area (Å²) in [6, 6.07) is 8.89. The van der Waals surface area contributed by atoms with Crippen molar-refractivity contribution >= 4 is 83.3 Å². The molecule has 1 fully saturated rings. The Morgan fingerprint density at radius 3 is 2.22 bits per heavy atom. The van der Waals surface area contributed by atoms with E-state index in [0.717, 1.165) is 34.7 Å². The zero-order valence-corrected chi connectivity index (χ0v) is 49.8. The van der Waals surface area contributed by atoms with Gasteiger partial charge in [0.25, 0.3) is 10.1 Å². The van der Waals surface area contributed by atoms with Gasteiger partial charge in [0.15, 0.2) is 29.3 Å². The third-order valence-corrected chi connectivity index (χ3v) is 21.7. The molecule has 3 unspecified atom stereocenters. The molecule has 3 aliphatic heterocycles. The number of phosphoric ester groups is 1. The minimum Gasteiger partial charge on any atom is -0.744 e. The fraction of sp³-hybridized carbons (Fsp3) is 0.500. The topological polar surface area (TPSA) is 403 Å². The second-order valence-corrected chi connectivity index (χ2v) is 29.4. The van der Waals surface area contributed by atoms with Gasteiger partial charge in [-0.25, -0.2) is 32.2 Å². The quantitative estimate of drug-likeness (QED) is 0.00829. The normalized spacial score (nSPS) is 22.5. The van der Waals surface area contributed by atoms with Crippen molar-refractivity contribution in [1.82, 2.24) is 19.5 Å². The fourth-order valence-corrected chi connectivity index (χ4v) is 16.1. The van der Waals surface area contributed by atoms with Gasteiger partial charge < -0.3 is 54.1 Å². The summed E-state index contributed by atoms with van der Waals surface area (Å²) in [6.07, 6.45) is 9.36. The van der Waals surface area contributed by atoms with E-state index in [2.05, 4.69) is 28.7 Å². The van der Waals surface area contributed by atoms with E-state index in [9.17, 15) is 69.3 Å². The number of nitrogen functional groups attached to an aromatic ring is 1. The van der Waals surface area contributed by atoms with Gasteiger partial charge in [0.05, 0.1) is 41.4 Å². The van der Waals surface area contributed by atoms with E-state index in [-0.39, 0.29) is 52.8 Å². The second-order valence-electron chi connectivity index (χ2n) is 20.8. The van der Waals surface area contributed by atoms with E-state index in [1.54, 1.807) is 12.1 Å². The molecule has 7 rings (SSSR count). The van der Waals surface area contributed by atoms with Crippen LogP contribution in [0.1, 0.15) is 103 Å². The molecule has 2 aromatic carbocycles. The number of aliphatic hydroxyl groups is 2. The summed E-state index contributed by atoms with van der Waals surface area (Å²) >= 11 is 0. The van der Waals surface area contributed by atoms with Gasteiger partial charge in [-0.3, -0.25) is 27.6 Å². The third kappa shape index (κ3) is 15.3. The van der Waals surface area contributed by atoms with Gasteiger partial charge in [0, 0.05) is 53.9 Å². The number of rotatable bonds is 28. The predicted molar refractivity (Wildman–Crippen MR) is 297 cm³/mol. The summed E-state index contributed by atoms with van der Waals surface area (Å²) < 4.78 is 136. The van der Waals surface area contributed by atoms with Crippen LogP contribution in [0.25, 0.3) is 11.2 Å². The van der Waals surface area contributed by atoms with Crippen LogP contribution in [0, 0.1) is 0 Å². The second kappa shape index (κ2) is 25.8. The van der Waals surface area contributed by atoms with Crippen LogP contribution in [0.3, 0.4) is 0 Å². The number of anilines is 2.